The molecule has 0 saturated carbocycles. The van der Waals surface area contributed by atoms with Crippen molar-refractivity contribution < 1.29 is 0 Å². The summed E-state index contributed by atoms with van der Waals surface area (Å²) in [7, 11) is 2.15. The Kier molecular flexibility index (Phi) is 6.70. The molecule has 0 aliphatic carbocycles. The molecule has 3 aromatic heterocycles. The molecule has 1 fully saturated rings. The number of aromatic nitrogens is 4. The van der Waals surface area contributed by atoms with Crippen molar-refractivity contribution >= 4 is 34.5 Å². The SMILES string of the molecule is CC(C)c1cnnc(Nc2ccc3ncc(/C(C=N)=C/NC4CCN(C)CC4)cc3n2)c1. The lowest BCUT2D eigenvalue weighted by molar-refractivity contribution is 0.244. The molecule has 0 radical (unpaired) electrons. The highest BCUT2D eigenvalue weighted by Crippen LogP contribution is 2.22. The van der Waals surface area contributed by atoms with E-state index in [4.69, 9.17) is 10.4 Å². The predicted octanol–water partition coefficient (Wildman–Crippen LogP) is 3.96. The van der Waals surface area contributed by atoms with Gasteiger partial charge in [-0.05, 0) is 68.7 Å². The first kappa shape index (κ1) is 21.8. The van der Waals surface area contributed by atoms with Gasteiger partial charge in [0.15, 0.2) is 5.82 Å². The molecule has 4 rings (SSSR count). The van der Waals surface area contributed by atoms with Gasteiger partial charge in [0.1, 0.15) is 5.82 Å². The Hall–Kier alpha value is -3.39. The minimum Gasteiger partial charge on any atom is -0.388 e. The number of nitrogens with zero attached hydrogens (tertiary/aromatic N) is 5. The number of nitrogens with one attached hydrogen (secondary N) is 3. The van der Waals surface area contributed by atoms with Gasteiger partial charge in [-0.1, -0.05) is 13.8 Å². The zero-order valence-electron chi connectivity index (χ0n) is 18.8. The molecule has 8 nitrogen and oxygen atoms in total. The first-order valence-corrected chi connectivity index (χ1v) is 11.0. The Morgan fingerprint density at radius 1 is 1.12 bits per heavy atom. The van der Waals surface area contributed by atoms with Crippen LogP contribution in [0, 0.1) is 5.41 Å². The molecule has 8 heteroatoms. The number of hydrogen-bond donors (Lipinski definition) is 3. The molecule has 0 spiro atoms. The first-order chi connectivity index (χ1) is 15.5. The van der Waals surface area contributed by atoms with E-state index < -0.39 is 0 Å². The van der Waals surface area contributed by atoms with Gasteiger partial charge in [-0.15, -0.1) is 5.10 Å². The Balaban J connectivity index is 1.54. The Labute approximate surface area is 188 Å². The Morgan fingerprint density at radius 2 is 1.94 bits per heavy atom. The topological polar surface area (TPSA) is 103 Å². The van der Waals surface area contributed by atoms with Crippen LogP contribution in [0.5, 0.6) is 0 Å². The minimum atomic E-state index is 0.372. The summed E-state index contributed by atoms with van der Waals surface area (Å²) < 4.78 is 0. The highest BCUT2D eigenvalue weighted by molar-refractivity contribution is 6.08. The molecule has 3 N–H and O–H groups in total. The summed E-state index contributed by atoms with van der Waals surface area (Å²) in [4.78, 5) is 11.6. The van der Waals surface area contributed by atoms with E-state index in [-0.39, 0.29) is 0 Å². The number of hydrogen-bond acceptors (Lipinski definition) is 8. The number of likely N-dealkylation sites (tertiary alicyclic amines) is 1. The molecule has 1 aliphatic heterocycles. The van der Waals surface area contributed by atoms with Gasteiger partial charge >= 0.3 is 0 Å². The average Bonchev–Trinajstić information content (AvgIpc) is 2.80. The lowest BCUT2D eigenvalue weighted by atomic mass is 10.1. The summed E-state index contributed by atoms with van der Waals surface area (Å²) >= 11 is 0. The minimum absolute atomic E-state index is 0.372. The van der Waals surface area contributed by atoms with Crippen molar-refractivity contribution in [2.24, 2.45) is 0 Å². The van der Waals surface area contributed by atoms with Crippen LogP contribution in [0.3, 0.4) is 0 Å². The molecule has 0 bridgehead atoms. The number of piperidine rings is 1. The summed E-state index contributed by atoms with van der Waals surface area (Å²) in [5, 5.41) is 22.8. The monoisotopic (exact) mass is 430 g/mol. The smallest absolute Gasteiger partial charge is 0.154 e. The number of allylic oxidation sites excluding steroid dienone is 1. The normalized spacial score (nSPS) is 15.8. The first-order valence-electron chi connectivity index (χ1n) is 11.0. The third kappa shape index (κ3) is 5.26. The molecule has 1 aliphatic rings. The van der Waals surface area contributed by atoms with Crippen LogP contribution in [0.25, 0.3) is 16.6 Å². The summed E-state index contributed by atoms with van der Waals surface area (Å²) in [5.41, 5.74) is 4.32. The quantitative estimate of drug-likeness (QED) is 0.488. The largest absolute Gasteiger partial charge is 0.388 e. The zero-order chi connectivity index (χ0) is 22.5. The maximum Gasteiger partial charge on any atom is 0.154 e. The Morgan fingerprint density at radius 3 is 2.69 bits per heavy atom. The average molecular weight is 431 g/mol. The fourth-order valence-corrected chi connectivity index (χ4v) is 3.72. The highest BCUT2D eigenvalue weighted by Gasteiger charge is 2.15. The van der Waals surface area contributed by atoms with Crippen molar-refractivity contribution in [3.8, 4) is 0 Å². The van der Waals surface area contributed by atoms with Gasteiger partial charge in [0.2, 0.25) is 0 Å². The molecule has 0 aromatic carbocycles. The summed E-state index contributed by atoms with van der Waals surface area (Å²) in [6.45, 7) is 6.43. The molecular weight excluding hydrogens is 400 g/mol. The van der Waals surface area contributed by atoms with Gasteiger partial charge in [0.25, 0.3) is 0 Å². The molecule has 0 unspecified atom stereocenters. The second kappa shape index (κ2) is 9.82. The van der Waals surface area contributed by atoms with Crippen LogP contribution in [0.1, 0.15) is 43.7 Å². The molecule has 32 heavy (non-hydrogen) atoms. The summed E-state index contributed by atoms with van der Waals surface area (Å²) in [6.07, 6.45) is 9.07. The lowest BCUT2D eigenvalue weighted by Gasteiger charge is -2.29. The fourth-order valence-electron chi connectivity index (χ4n) is 3.72. The number of anilines is 2. The van der Waals surface area contributed by atoms with Crippen molar-refractivity contribution in [3.63, 3.8) is 0 Å². The molecule has 1 saturated heterocycles. The van der Waals surface area contributed by atoms with Crippen molar-refractivity contribution in [2.45, 2.75) is 38.6 Å². The van der Waals surface area contributed by atoms with Crippen molar-refractivity contribution in [3.05, 3.63) is 54.0 Å². The number of fused-ring (bicyclic) bond motifs is 1. The second-order valence-corrected chi connectivity index (χ2v) is 8.60. The maximum absolute atomic E-state index is 7.88. The number of pyridine rings is 2. The highest BCUT2D eigenvalue weighted by atomic mass is 15.2. The second-order valence-electron chi connectivity index (χ2n) is 8.60. The third-order valence-corrected chi connectivity index (χ3v) is 5.82. The van der Waals surface area contributed by atoms with Gasteiger partial charge < -0.3 is 20.9 Å². The van der Waals surface area contributed by atoms with E-state index in [2.05, 4.69) is 51.6 Å². The van der Waals surface area contributed by atoms with Crippen molar-refractivity contribution in [2.75, 3.05) is 25.5 Å². The van der Waals surface area contributed by atoms with Crippen LogP contribution in [0.4, 0.5) is 11.6 Å². The van der Waals surface area contributed by atoms with Crippen LogP contribution < -0.4 is 10.6 Å². The van der Waals surface area contributed by atoms with Crippen molar-refractivity contribution in [1.82, 2.24) is 30.4 Å². The van der Waals surface area contributed by atoms with Gasteiger partial charge in [-0.25, -0.2) is 4.98 Å². The van der Waals surface area contributed by atoms with E-state index in [1.165, 1.54) is 6.21 Å². The van der Waals surface area contributed by atoms with E-state index in [1.807, 2.05) is 30.5 Å². The number of rotatable bonds is 7. The van der Waals surface area contributed by atoms with Crippen LogP contribution in [-0.4, -0.2) is 57.5 Å². The Bertz CT molecular complexity index is 1120. The molecule has 4 heterocycles. The van der Waals surface area contributed by atoms with E-state index in [0.717, 1.165) is 53.7 Å². The molecule has 166 valence electrons. The molecule has 0 atom stereocenters. The van der Waals surface area contributed by atoms with E-state index in [9.17, 15) is 0 Å². The standard InChI is InChI=1S/C24H30N8/c1-16(2)17-11-24(31-28-15-17)30-23-5-4-21-22(29-23)10-18(13-27-21)19(12-25)14-26-20-6-8-32(3)9-7-20/h4-5,10-16,20,25-26H,6-9H2,1-3H3,(H,29,30,31)/b19-14+,25-12?. The van der Waals surface area contributed by atoms with E-state index in [1.54, 1.807) is 12.4 Å². The third-order valence-electron chi connectivity index (χ3n) is 5.82. The predicted molar refractivity (Wildman–Crippen MR) is 129 cm³/mol. The van der Waals surface area contributed by atoms with Gasteiger partial charge in [0.05, 0.1) is 17.2 Å². The van der Waals surface area contributed by atoms with Gasteiger partial charge in [-0.2, -0.15) is 5.10 Å². The molecule has 3 aromatic rings. The fraction of sp³-hybridized carbons (Fsp3) is 0.375. The maximum atomic E-state index is 7.88. The zero-order valence-corrected chi connectivity index (χ0v) is 18.8. The summed E-state index contributed by atoms with van der Waals surface area (Å²) in [5.74, 6) is 1.71. The van der Waals surface area contributed by atoms with E-state index >= 15 is 0 Å². The van der Waals surface area contributed by atoms with Crippen molar-refractivity contribution in [1.29, 1.82) is 5.41 Å². The molecular formula is C24H30N8. The van der Waals surface area contributed by atoms with Crippen LogP contribution in [-0.2, 0) is 0 Å². The van der Waals surface area contributed by atoms with Gasteiger partial charge in [0, 0.05) is 35.8 Å². The van der Waals surface area contributed by atoms with Gasteiger partial charge in [-0.3, -0.25) is 4.98 Å². The lowest BCUT2D eigenvalue weighted by Crippen LogP contribution is -2.38. The van der Waals surface area contributed by atoms with E-state index in [0.29, 0.717) is 23.6 Å². The van der Waals surface area contributed by atoms with Crippen LogP contribution >= 0.6 is 0 Å². The summed E-state index contributed by atoms with van der Waals surface area (Å²) in [6, 6.07) is 8.21. The van der Waals surface area contributed by atoms with Crippen LogP contribution in [0.15, 0.2) is 42.9 Å². The van der Waals surface area contributed by atoms with Crippen LogP contribution in [0.2, 0.25) is 0 Å². The molecule has 0 amide bonds.